The quantitative estimate of drug-likeness (QED) is 0.694. The van der Waals surface area contributed by atoms with Crippen molar-refractivity contribution in [2.75, 3.05) is 0 Å². The molecule has 0 bridgehead atoms. The van der Waals surface area contributed by atoms with Crippen molar-refractivity contribution in [2.45, 2.75) is 42.1 Å². The maximum Gasteiger partial charge on any atom is 0.165 e. The van der Waals surface area contributed by atoms with Crippen molar-refractivity contribution in [3.05, 3.63) is 60.4 Å². The van der Waals surface area contributed by atoms with Crippen LogP contribution >= 0.6 is 11.8 Å². The Balaban J connectivity index is 1.83. The highest BCUT2D eigenvalue weighted by Crippen LogP contribution is 2.43. The van der Waals surface area contributed by atoms with Gasteiger partial charge in [-0.2, -0.15) is 0 Å². The molecule has 2 aromatic rings. The fraction of sp³-hybridized carbons (Fsp3) is 0.316. The van der Waals surface area contributed by atoms with E-state index in [1.165, 1.54) is 0 Å². The summed E-state index contributed by atoms with van der Waals surface area (Å²) in [5, 5.41) is 0.899. The highest BCUT2D eigenvalue weighted by Gasteiger charge is 2.37. The van der Waals surface area contributed by atoms with E-state index in [0.29, 0.717) is 12.2 Å². The summed E-state index contributed by atoms with van der Waals surface area (Å²) in [6.45, 7) is 5.85. The molecule has 1 saturated carbocycles. The van der Waals surface area contributed by atoms with Crippen molar-refractivity contribution in [1.29, 1.82) is 0 Å². The van der Waals surface area contributed by atoms with E-state index in [1.807, 2.05) is 24.3 Å². The first-order chi connectivity index (χ1) is 10.7. The van der Waals surface area contributed by atoms with Gasteiger partial charge in [0.2, 0.25) is 0 Å². The van der Waals surface area contributed by atoms with Crippen molar-refractivity contribution in [3.63, 3.8) is 0 Å². The first-order valence-corrected chi connectivity index (χ1v) is 8.47. The average molecular weight is 312 g/mol. The van der Waals surface area contributed by atoms with E-state index in [-0.39, 0.29) is 11.8 Å². The van der Waals surface area contributed by atoms with Crippen LogP contribution in [0, 0.1) is 12.8 Å². The smallest absolute Gasteiger partial charge is 0.165 e. The SMILES string of the molecule is C=CC[C@@H]1C(=O)CC[C@H]1c1oc(Sc2ccccc2)cc1C. The Bertz CT molecular complexity index is 672. The molecule has 0 spiro atoms. The second-order valence-electron chi connectivity index (χ2n) is 5.77. The zero-order chi connectivity index (χ0) is 15.5. The Kier molecular flexibility index (Phi) is 4.53. The molecule has 2 atom stereocenters. The molecule has 1 aromatic heterocycles. The highest BCUT2D eigenvalue weighted by atomic mass is 32.2. The lowest BCUT2D eigenvalue weighted by Crippen LogP contribution is -2.12. The van der Waals surface area contributed by atoms with E-state index in [4.69, 9.17) is 4.42 Å². The summed E-state index contributed by atoms with van der Waals surface area (Å²) in [5.74, 6) is 1.57. The largest absolute Gasteiger partial charge is 0.454 e. The zero-order valence-electron chi connectivity index (χ0n) is 12.7. The Morgan fingerprint density at radius 2 is 2.14 bits per heavy atom. The molecular formula is C19H20O2S. The van der Waals surface area contributed by atoms with Gasteiger partial charge in [-0.3, -0.25) is 4.79 Å². The van der Waals surface area contributed by atoms with Gasteiger partial charge >= 0.3 is 0 Å². The molecule has 3 rings (SSSR count). The van der Waals surface area contributed by atoms with Gasteiger partial charge in [0.1, 0.15) is 11.5 Å². The van der Waals surface area contributed by atoms with Crippen molar-refractivity contribution in [1.82, 2.24) is 0 Å². The molecule has 3 heteroatoms. The Morgan fingerprint density at radius 1 is 1.36 bits per heavy atom. The van der Waals surface area contributed by atoms with E-state index in [9.17, 15) is 4.79 Å². The summed E-state index contributed by atoms with van der Waals surface area (Å²) in [6.07, 6.45) is 4.13. The molecule has 2 nitrogen and oxygen atoms in total. The summed E-state index contributed by atoms with van der Waals surface area (Å²) in [6, 6.07) is 12.3. The fourth-order valence-electron chi connectivity index (χ4n) is 3.19. The summed E-state index contributed by atoms with van der Waals surface area (Å²) < 4.78 is 6.10. The molecule has 0 N–H and O–H groups in total. The van der Waals surface area contributed by atoms with E-state index in [1.54, 1.807) is 11.8 Å². The number of rotatable bonds is 5. The lowest BCUT2D eigenvalue weighted by atomic mass is 9.89. The van der Waals surface area contributed by atoms with Crippen LogP contribution in [-0.2, 0) is 4.79 Å². The molecule has 1 fully saturated rings. The van der Waals surface area contributed by atoms with Gasteiger partial charge in [0.05, 0.1) is 0 Å². The number of Topliss-reactive ketones (excluding diaryl/α,β-unsaturated/α-hetero) is 1. The minimum absolute atomic E-state index is 0.0388. The molecule has 1 aliphatic rings. The van der Waals surface area contributed by atoms with E-state index in [2.05, 4.69) is 31.7 Å². The Morgan fingerprint density at radius 3 is 2.86 bits per heavy atom. The standard InChI is InChI=1S/C19H20O2S/c1-3-7-15-16(10-11-17(15)20)19-13(2)12-18(21-19)22-14-8-5-4-6-9-14/h3-6,8-9,12,15-16H,1,7,10-11H2,2H3/t15-,16+/m0/s1. The van der Waals surface area contributed by atoms with Gasteiger partial charge in [-0.1, -0.05) is 36.0 Å². The first-order valence-electron chi connectivity index (χ1n) is 7.66. The Hall–Kier alpha value is -1.74. The number of allylic oxidation sites excluding steroid dienone is 1. The maximum atomic E-state index is 12.1. The van der Waals surface area contributed by atoms with Crippen molar-refractivity contribution in [3.8, 4) is 0 Å². The summed E-state index contributed by atoms with van der Waals surface area (Å²) in [5.41, 5.74) is 1.15. The van der Waals surface area contributed by atoms with E-state index < -0.39 is 0 Å². The third kappa shape index (κ3) is 3.05. The summed E-state index contributed by atoms with van der Waals surface area (Å²) in [4.78, 5) is 13.2. The van der Waals surface area contributed by atoms with Crippen LogP contribution in [0.25, 0.3) is 0 Å². The van der Waals surface area contributed by atoms with Crippen LogP contribution in [0.4, 0.5) is 0 Å². The number of hydrogen-bond acceptors (Lipinski definition) is 3. The number of ketones is 1. The van der Waals surface area contributed by atoms with Crippen molar-refractivity contribution in [2.24, 2.45) is 5.92 Å². The minimum Gasteiger partial charge on any atom is -0.454 e. The molecule has 0 unspecified atom stereocenters. The molecule has 0 radical (unpaired) electrons. The van der Waals surface area contributed by atoms with E-state index >= 15 is 0 Å². The van der Waals surface area contributed by atoms with Gasteiger partial charge in [-0.05, 0) is 43.5 Å². The van der Waals surface area contributed by atoms with Crippen molar-refractivity contribution < 1.29 is 9.21 Å². The zero-order valence-corrected chi connectivity index (χ0v) is 13.6. The van der Waals surface area contributed by atoms with Gasteiger partial charge < -0.3 is 4.42 Å². The molecule has 0 amide bonds. The topological polar surface area (TPSA) is 30.2 Å². The van der Waals surface area contributed by atoms with Crippen LogP contribution in [0.1, 0.15) is 36.5 Å². The van der Waals surface area contributed by atoms with Gasteiger partial charge in [-0.25, -0.2) is 0 Å². The third-order valence-electron chi connectivity index (χ3n) is 4.25. The van der Waals surface area contributed by atoms with Crippen molar-refractivity contribution >= 4 is 17.5 Å². The van der Waals surface area contributed by atoms with Crippen LogP contribution in [0.3, 0.4) is 0 Å². The van der Waals surface area contributed by atoms with Gasteiger partial charge in [0, 0.05) is 23.2 Å². The van der Waals surface area contributed by atoms with Gasteiger partial charge in [-0.15, -0.1) is 6.58 Å². The monoisotopic (exact) mass is 312 g/mol. The van der Waals surface area contributed by atoms with Crippen LogP contribution in [0.15, 0.2) is 63.5 Å². The maximum absolute atomic E-state index is 12.1. The predicted octanol–water partition coefficient (Wildman–Crippen LogP) is 5.38. The molecule has 0 saturated heterocycles. The number of benzene rings is 1. The number of furan rings is 1. The summed E-state index contributed by atoms with van der Waals surface area (Å²) >= 11 is 1.63. The minimum atomic E-state index is 0.0388. The molecule has 114 valence electrons. The van der Waals surface area contributed by atoms with Gasteiger partial charge in [0.15, 0.2) is 5.09 Å². The molecule has 1 aliphatic carbocycles. The second kappa shape index (κ2) is 6.57. The van der Waals surface area contributed by atoms with Crippen LogP contribution in [-0.4, -0.2) is 5.78 Å². The molecular weight excluding hydrogens is 292 g/mol. The van der Waals surface area contributed by atoms with Crippen LogP contribution in [0.2, 0.25) is 0 Å². The number of carbonyl (C=O) groups is 1. The molecule has 22 heavy (non-hydrogen) atoms. The predicted molar refractivity (Wildman–Crippen MR) is 89.3 cm³/mol. The lowest BCUT2D eigenvalue weighted by Gasteiger charge is -2.15. The Labute approximate surface area is 135 Å². The van der Waals surface area contributed by atoms with Gasteiger partial charge in [0.25, 0.3) is 0 Å². The average Bonchev–Trinajstić information content (AvgIpc) is 3.04. The molecule has 0 aliphatic heterocycles. The highest BCUT2D eigenvalue weighted by molar-refractivity contribution is 7.99. The third-order valence-corrected chi connectivity index (χ3v) is 5.16. The number of aryl methyl sites for hydroxylation is 1. The molecule has 1 aromatic carbocycles. The number of hydrogen-bond donors (Lipinski definition) is 0. The summed E-state index contributed by atoms with van der Waals surface area (Å²) in [7, 11) is 0. The normalized spacial score (nSPS) is 21.2. The second-order valence-corrected chi connectivity index (χ2v) is 6.85. The van der Waals surface area contributed by atoms with Crippen LogP contribution < -0.4 is 0 Å². The molecule has 1 heterocycles. The lowest BCUT2D eigenvalue weighted by molar-refractivity contribution is -0.120. The number of carbonyl (C=O) groups excluding carboxylic acids is 1. The van der Waals surface area contributed by atoms with E-state index in [0.717, 1.165) is 34.2 Å². The first kappa shape index (κ1) is 15.2. The van der Waals surface area contributed by atoms with Crippen LogP contribution in [0.5, 0.6) is 0 Å². The fourth-order valence-corrected chi connectivity index (χ4v) is 4.08.